The van der Waals surface area contributed by atoms with Crippen LogP contribution < -0.4 is 10.6 Å². The first-order chi connectivity index (χ1) is 12.1. The Morgan fingerprint density at radius 3 is 2.92 bits per heavy atom. The van der Waals surface area contributed by atoms with E-state index in [9.17, 15) is 14.4 Å². The standard InChI is InChI=1S/C18H18N2O4S/c1-24-18(23)16-14(8-9-25-16)19-15(21)7-6-12-10-11-4-2-3-5-13(11)20-17(12)22/h2-5,8-9,12H,6-7,10H2,1H3,(H,19,21)(H,20,22)/t12-/m1/s1. The Labute approximate surface area is 149 Å². The minimum atomic E-state index is -0.478. The monoisotopic (exact) mass is 358 g/mol. The van der Waals surface area contributed by atoms with Gasteiger partial charge in [-0.05, 0) is 35.9 Å². The molecule has 0 spiro atoms. The highest BCUT2D eigenvalue weighted by Crippen LogP contribution is 2.28. The summed E-state index contributed by atoms with van der Waals surface area (Å²) in [6.07, 6.45) is 1.28. The van der Waals surface area contributed by atoms with Gasteiger partial charge in [0.1, 0.15) is 4.88 Å². The van der Waals surface area contributed by atoms with Crippen molar-refractivity contribution in [2.75, 3.05) is 17.7 Å². The number of nitrogens with one attached hydrogen (secondary N) is 2. The van der Waals surface area contributed by atoms with Crippen LogP contribution in [0.25, 0.3) is 0 Å². The molecule has 0 bridgehead atoms. The van der Waals surface area contributed by atoms with Gasteiger partial charge in [-0.1, -0.05) is 18.2 Å². The quantitative estimate of drug-likeness (QED) is 0.805. The van der Waals surface area contributed by atoms with E-state index in [0.717, 1.165) is 11.3 Å². The van der Waals surface area contributed by atoms with E-state index in [0.29, 0.717) is 23.4 Å². The van der Waals surface area contributed by atoms with Gasteiger partial charge >= 0.3 is 5.97 Å². The Hall–Kier alpha value is -2.67. The van der Waals surface area contributed by atoms with Crippen molar-refractivity contribution in [3.8, 4) is 0 Å². The number of carbonyl (C=O) groups is 3. The molecule has 1 aliphatic heterocycles. The summed E-state index contributed by atoms with van der Waals surface area (Å²) in [6, 6.07) is 9.34. The highest BCUT2D eigenvalue weighted by molar-refractivity contribution is 7.12. The van der Waals surface area contributed by atoms with Gasteiger partial charge < -0.3 is 15.4 Å². The first kappa shape index (κ1) is 17.2. The maximum Gasteiger partial charge on any atom is 0.350 e. The van der Waals surface area contributed by atoms with E-state index < -0.39 is 5.97 Å². The summed E-state index contributed by atoms with van der Waals surface area (Å²) in [7, 11) is 1.30. The van der Waals surface area contributed by atoms with Gasteiger partial charge in [0.2, 0.25) is 11.8 Å². The Morgan fingerprint density at radius 2 is 2.12 bits per heavy atom. The van der Waals surface area contributed by atoms with Gasteiger partial charge in [-0.3, -0.25) is 9.59 Å². The fourth-order valence-electron chi connectivity index (χ4n) is 2.82. The molecule has 0 fully saturated rings. The first-order valence-corrected chi connectivity index (χ1v) is 8.81. The lowest BCUT2D eigenvalue weighted by Crippen LogP contribution is -2.30. The smallest absolute Gasteiger partial charge is 0.350 e. The molecule has 2 heterocycles. The summed E-state index contributed by atoms with van der Waals surface area (Å²) in [5, 5.41) is 7.31. The number of ether oxygens (including phenoxy) is 1. The number of anilines is 2. The number of para-hydroxylation sites is 1. The van der Waals surface area contributed by atoms with E-state index in [2.05, 4.69) is 15.4 Å². The molecule has 6 nitrogen and oxygen atoms in total. The van der Waals surface area contributed by atoms with Crippen LogP contribution in [0.1, 0.15) is 28.1 Å². The maximum absolute atomic E-state index is 12.2. The van der Waals surface area contributed by atoms with Crippen molar-refractivity contribution in [2.24, 2.45) is 5.92 Å². The fourth-order valence-corrected chi connectivity index (χ4v) is 3.59. The number of hydrogen-bond donors (Lipinski definition) is 2. The molecular weight excluding hydrogens is 340 g/mol. The maximum atomic E-state index is 12.2. The van der Waals surface area contributed by atoms with Gasteiger partial charge in [-0.25, -0.2) is 4.79 Å². The molecule has 3 rings (SSSR count). The number of amides is 2. The minimum absolute atomic E-state index is 0.0581. The molecule has 0 aliphatic carbocycles. The van der Waals surface area contributed by atoms with Crippen LogP contribution in [0, 0.1) is 5.92 Å². The number of carbonyl (C=O) groups excluding carboxylic acids is 3. The Morgan fingerprint density at radius 1 is 1.32 bits per heavy atom. The van der Waals surface area contributed by atoms with E-state index in [1.165, 1.54) is 18.4 Å². The third-order valence-electron chi connectivity index (χ3n) is 4.14. The lowest BCUT2D eigenvalue weighted by atomic mass is 9.89. The van der Waals surface area contributed by atoms with Crippen molar-refractivity contribution in [3.05, 3.63) is 46.2 Å². The van der Waals surface area contributed by atoms with Gasteiger partial charge in [0.15, 0.2) is 0 Å². The van der Waals surface area contributed by atoms with Gasteiger partial charge in [-0.15, -0.1) is 11.3 Å². The zero-order valence-corrected chi connectivity index (χ0v) is 14.5. The molecule has 1 aromatic carbocycles. The zero-order chi connectivity index (χ0) is 17.8. The zero-order valence-electron chi connectivity index (χ0n) is 13.7. The van der Waals surface area contributed by atoms with Gasteiger partial charge in [0, 0.05) is 18.0 Å². The van der Waals surface area contributed by atoms with Crippen LogP contribution in [0.4, 0.5) is 11.4 Å². The predicted octanol–water partition coefficient (Wildman–Crippen LogP) is 3.06. The minimum Gasteiger partial charge on any atom is -0.465 e. The third-order valence-corrected chi connectivity index (χ3v) is 5.04. The molecule has 130 valence electrons. The van der Waals surface area contributed by atoms with Crippen molar-refractivity contribution in [3.63, 3.8) is 0 Å². The second kappa shape index (κ2) is 7.48. The van der Waals surface area contributed by atoms with Crippen LogP contribution in [-0.4, -0.2) is 24.9 Å². The van der Waals surface area contributed by atoms with Crippen molar-refractivity contribution in [1.82, 2.24) is 0 Å². The van der Waals surface area contributed by atoms with E-state index in [1.807, 2.05) is 24.3 Å². The second-order valence-electron chi connectivity index (χ2n) is 5.79. The molecule has 0 radical (unpaired) electrons. The van der Waals surface area contributed by atoms with E-state index in [-0.39, 0.29) is 24.2 Å². The van der Waals surface area contributed by atoms with Crippen molar-refractivity contribution < 1.29 is 19.1 Å². The van der Waals surface area contributed by atoms with Crippen molar-refractivity contribution in [1.29, 1.82) is 0 Å². The number of hydrogen-bond acceptors (Lipinski definition) is 5. The molecule has 1 aromatic heterocycles. The molecule has 0 saturated heterocycles. The van der Waals surface area contributed by atoms with Gasteiger partial charge in [-0.2, -0.15) is 0 Å². The molecule has 0 saturated carbocycles. The fraction of sp³-hybridized carbons (Fsp3) is 0.278. The molecule has 0 unspecified atom stereocenters. The molecular formula is C18H18N2O4S. The summed E-state index contributed by atoms with van der Waals surface area (Å²) in [5.41, 5.74) is 2.37. The second-order valence-corrected chi connectivity index (χ2v) is 6.71. The van der Waals surface area contributed by atoms with Crippen molar-refractivity contribution >= 4 is 40.5 Å². The molecule has 1 aliphatic rings. The third kappa shape index (κ3) is 3.88. The summed E-state index contributed by atoms with van der Waals surface area (Å²) in [5.74, 6) is -0.996. The van der Waals surface area contributed by atoms with E-state index in [4.69, 9.17) is 0 Å². The van der Waals surface area contributed by atoms with E-state index >= 15 is 0 Å². The van der Waals surface area contributed by atoms with Crippen LogP contribution in [0.3, 0.4) is 0 Å². The number of esters is 1. The Bertz CT molecular complexity index is 815. The number of methoxy groups -OCH3 is 1. The number of rotatable bonds is 5. The normalized spacial score (nSPS) is 15.9. The van der Waals surface area contributed by atoms with Gasteiger partial charge in [0.05, 0.1) is 12.8 Å². The highest BCUT2D eigenvalue weighted by Gasteiger charge is 2.26. The topological polar surface area (TPSA) is 84.5 Å². The van der Waals surface area contributed by atoms with E-state index in [1.54, 1.807) is 11.4 Å². The summed E-state index contributed by atoms with van der Waals surface area (Å²) in [4.78, 5) is 36.3. The largest absolute Gasteiger partial charge is 0.465 e. The lowest BCUT2D eigenvalue weighted by molar-refractivity contribution is -0.121. The molecule has 7 heteroatoms. The molecule has 25 heavy (non-hydrogen) atoms. The Balaban J connectivity index is 1.57. The van der Waals surface area contributed by atoms with Crippen molar-refractivity contribution in [2.45, 2.75) is 19.3 Å². The first-order valence-electron chi connectivity index (χ1n) is 7.93. The summed E-state index contributed by atoms with van der Waals surface area (Å²) >= 11 is 1.21. The molecule has 2 amide bonds. The predicted molar refractivity (Wildman–Crippen MR) is 95.8 cm³/mol. The Kier molecular flexibility index (Phi) is 5.14. The molecule has 1 atom stereocenters. The number of fused-ring (bicyclic) bond motifs is 1. The number of benzene rings is 1. The molecule has 2 N–H and O–H groups in total. The van der Waals surface area contributed by atoms with Crippen LogP contribution in [0.5, 0.6) is 0 Å². The van der Waals surface area contributed by atoms with Gasteiger partial charge in [0.25, 0.3) is 0 Å². The summed E-state index contributed by atoms with van der Waals surface area (Å²) in [6.45, 7) is 0. The lowest BCUT2D eigenvalue weighted by Gasteiger charge is -2.24. The van der Waals surface area contributed by atoms with Crippen LogP contribution >= 0.6 is 11.3 Å². The van der Waals surface area contributed by atoms with Crippen LogP contribution in [0.15, 0.2) is 35.7 Å². The summed E-state index contributed by atoms with van der Waals surface area (Å²) < 4.78 is 4.69. The SMILES string of the molecule is COC(=O)c1sccc1NC(=O)CC[C@@H]1Cc2ccccc2NC1=O. The molecule has 2 aromatic rings. The highest BCUT2D eigenvalue weighted by atomic mass is 32.1. The number of thiophene rings is 1. The van der Waals surface area contributed by atoms with Crippen LogP contribution in [0.2, 0.25) is 0 Å². The van der Waals surface area contributed by atoms with Crippen LogP contribution in [-0.2, 0) is 20.7 Å². The average molecular weight is 358 g/mol. The average Bonchev–Trinajstić information content (AvgIpc) is 3.07.